The molecule has 3 heterocycles. The molecule has 7 heteroatoms. The lowest BCUT2D eigenvalue weighted by molar-refractivity contribution is 0.0740. The number of amides is 1. The highest BCUT2D eigenvalue weighted by atomic mass is 16.5. The summed E-state index contributed by atoms with van der Waals surface area (Å²) < 4.78 is 5.47. The zero-order valence-electron chi connectivity index (χ0n) is 16.6. The van der Waals surface area contributed by atoms with Gasteiger partial charge in [0.25, 0.3) is 5.91 Å². The standard InChI is InChI=1S/C21H27N5O2/c1-16-15-17(23-21(22-16)26-9-5-6-10-26)20(27)25-13-11-24(12-14-25)18-7-3-4-8-19(18)28-2/h3-4,7-8,15H,5-6,9-14H2,1-2H3. The average molecular weight is 381 g/mol. The molecule has 2 aliphatic rings. The predicted octanol–water partition coefficient (Wildman–Crippen LogP) is 2.36. The van der Waals surface area contributed by atoms with Crippen LogP contribution in [0.4, 0.5) is 11.6 Å². The molecule has 0 N–H and O–H groups in total. The van der Waals surface area contributed by atoms with Gasteiger partial charge in [-0.3, -0.25) is 4.79 Å². The molecular formula is C21H27N5O2. The van der Waals surface area contributed by atoms with Gasteiger partial charge in [-0.25, -0.2) is 9.97 Å². The molecule has 0 radical (unpaired) electrons. The third-order valence-electron chi connectivity index (χ3n) is 5.44. The van der Waals surface area contributed by atoms with Crippen LogP contribution >= 0.6 is 0 Å². The Hall–Kier alpha value is -2.83. The Balaban J connectivity index is 1.45. The summed E-state index contributed by atoms with van der Waals surface area (Å²) in [5, 5.41) is 0. The molecule has 0 atom stereocenters. The van der Waals surface area contributed by atoms with E-state index in [1.165, 1.54) is 0 Å². The van der Waals surface area contributed by atoms with Crippen molar-refractivity contribution in [3.05, 3.63) is 41.7 Å². The van der Waals surface area contributed by atoms with Crippen LogP contribution in [0.5, 0.6) is 5.75 Å². The van der Waals surface area contributed by atoms with E-state index in [4.69, 9.17) is 4.74 Å². The van der Waals surface area contributed by atoms with E-state index in [9.17, 15) is 4.79 Å². The van der Waals surface area contributed by atoms with Crippen molar-refractivity contribution >= 4 is 17.5 Å². The molecule has 1 aromatic carbocycles. The van der Waals surface area contributed by atoms with E-state index in [1.54, 1.807) is 13.2 Å². The molecule has 1 aromatic heterocycles. The van der Waals surface area contributed by atoms with Gasteiger partial charge in [0.2, 0.25) is 5.95 Å². The smallest absolute Gasteiger partial charge is 0.272 e. The number of rotatable bonds is 4. The van der Waals surface area contributed by atoms with Crippen LogP contribution in [0.3, 0.4) is 0 Å². The Morgan fingerprint density at radius 1 is 0.964 bits per heavy atom. The first kappa shape index (κ1) is 18.5. The number of methoxy groups -OCH3 is 1. The Bertz CT molecular complexity index is 842. The van der Waals surface area contributed by atoms with Crippen LogP contribution in [0, 0.1) is 6.92 Å². The average Bonchev–Trinajstić information content (AvgIpc) is 3.28. The number of aryl methyl sites for hydroxylation is 1. The first-order valence-corrected chi connectivity index (χ1v) is 9.93. The fraction of sp³-hybridized carbons (Fsp3) is 0.476. The van der Waals surface area contributed by atoms with Gasteiger partial charge in [-0.1, -0.05) is 12.1 Å². The zero-order valence-corrected chi connectivity index (χ0v) is 16.6. The molecule has 4 rings (SSSR count). The summed E-state index contributed by atoms with van der Waals surface area (Å²) in [6.45, 7) is 6.74. The SMILES string of the molecule is COc1ccccc1N1CCN(C(=O)c2cc(C)nc(N3CCCC3)n2)CC1. The van der Waals surface area contributed by atoms with Gasteiger partial charge in [-0.2, -0.15) is 0 Å². The lowest BCUT2D eigenvalue weighted by Crippen LogP contribution is -2.49. The van der Waals surface area contributed by atoms with Crippen LogP contribution in [-0.2, 0) is 0 Å². The number of nitrogens with zero attached hydrogens (tertiary/aromatic N) is 5. The number of ether oxygens (including phenoxy) is 1. The van der Waals surface area contributed by atoms with Crippen molar-refractivity contribution in [1.29, 1.82) is 0 Å². The lowest BCUT2D eigenvalue weighted by Gasteiger charge is -2.36. The molecule has 0 saturated carbocycles. The molecule has 2 aliphatic heterocycles. The minimum absolute atomic E-state index is 0.00868. The quantitative estimate of drug-likeness (QED) is 0.810. The minimum Gasteiger partial charge on any atom is -0.495 e. The number of carbonyl (C=O) groups excluding carboxylic acids is 1. The molecule has 2 aromatic rings. The summed E-state index contributed by atoms with van der Waals surface area (Å²) in [6, 6.07) is 9.81. The Labute approximate surface area is 165 Å². The molecule has 2 fully saturated rings. The maximum absolute atomic E-state index is 13.1. The van der Waals surface area contributed by atoms with E-state index in [0.717, 1.165) is 56.2 Å². The summed E-state index contributed by atoms with van der Waals surface area (Å²) in [5.74, 6) is 1.54. The summed E-state index contributed by atoms with van der Waals surface area (Å²) in [5.41, 5.74) is 2.42. The highest BCUT2D eigenvalue weighted by Crippen LogP contribution is 2.28. The molecule has 2 saturated heterocycles. The number of hydrogen-bond acceptors (Lipinski definition) is 6. The highest BCUT2D eigenvalue weighted by Gasteiger charge is 2.26. The number of benzene rings is 1. The summed E-state index contributed by atoms with van der Waals surface area (Å²) in [4.78, 5) is 28.5. The van der Waals surface area contributed by atoms with Gasteiger partial charge in [0.1, 0.15) is 11.4 Å². The van der Waals surface area contributed by atoms with Crippen molar-refractivity contribution in [2.24, 2.45) is 0 Å². The van der Waals surface area contributed by atoms with Crippen molar-refractivity contribution in [2.45, 2.75) is 19.8 Å². The first-order valence-electron chi connectivity index (χ1n) is 9.93. The fourth-order valence-corrected chi connectivity index (χ4v) is 3.92. The largest absolute Gasteiger partial charge is 0.495 e. The van der Waals surface area contributed by atoms with Crippen molar-refractivity contribution in [3.63, 3.8) is 0 Å². The van der Waals surface area contributed by atoms with E-state index in [1.807, 2.05) is 30.0 Å². The molecule has 0 aliphatic carbocycles. The molecule has 148 valence electrons. The van der Waals surface area contributed by atoms with Crippen LogP contribution in [0.25, 0.3) is 0 Å². The third-order valence-corrected chi connectivity index (χ3v) is 5.44. The number of aromatic nitrogens is 2. The summed E-state index contributed by atoms with van der Waals surface area (Å²) in [6.07, 6.45) is 2.32. The molecule has 1 amide bonds. The second-order valence-electron chi connectivity index (χ2n) is 7.34. The van der Waals surface area contributed by atoms with Gasteiger partial charge in [0.05, 0.1) is 12.8 Å². The second-order valence-corrected chi connectivity index (χ2v) is 7.34. The predicted molar refractivity (Wildman–Crippen MR) is 109 cm³/mol. The fourth-order valence-electron chi connectivity index (χ4n) is 3.92. The number of piperazine rings is 1. The zero-order chi connectivity index (χ0) is 19.5. The van der Waals surface area contributed by atoms with Gasteiger partial charge in [0, 0.05) is 45.0 Å². The number of anilines is 2. The number of carbonyl (C=O) groups is 1. The monoisotopic (exact) mass is 381 g/mol. The van der Waals surface area contributed by atoms with Crippen LogP contribution in [0.2, 0.25) is 0 Å². The third kappa shape index (κ3) is 3.74. The van der Waals surface area contributed by atoms with Crippen molar-refractivity contribution in [2.75, 3.05) is 56.2 Å². The number of para-hydroxylation sites is 2. The topological polar surface area (TPSA) is 61.8 Å². The lowest BCUT2D eigenvalue weighted by atomic mass is 10.2. The molecule has 7 nitrogen and oxygen atoms in total. The van der Waals surface area contributed by atoms with E-state index in [2.05, 4.69) is 25.8 Å². The van der Waals surface area contributed by atoms with E-state index >= 15 is 0 Å². The second kappa shape index (κ2) is 8.04. The van der Waals surface area contributed by atoms with Gasteiger partial charge in [0.15, 0.2) is 0 Å². The normalized spacial score (nSPS) is 17.1. The van der Waals surface area contributed by atoms with E-state index in [0.29, 0.717) is 24.7 Å². The molecule has 0 bridgehead atoms. The van der Waals surface area contributed by atoms with Gasteiger partial charge in [-0.15, -0.1) is 0 Å². The van der Waals surface area contributed by atoms with Crippen LogP contribution < -0.4 is 14.5 Å². The molecule has 0 spiro atoms. The highest BCUT2D eigenvalue weighted by molar-refractivity contribution is 5.93. The van der Waals surface area contributed by atoms with Crippen LogP contribution in [-0.4, -0.2) is 67.2 Å². The Kier molecular flexibility index (Phi) is 5.32. The minimum atomic E-state index is -0.00868. The van der Waals surface area contributed by atoms with Crippen molar-refractivity contribution in [1.82, 2.24) is 14.9 Å². The number of hydrogen-bond donors (Lipinski definition) is 0. The maximum Gasteiger partial charge on any atom is 0.272 e. The molecular weight excluding hydrogens is 354 g/mol. The van der Waals surface area contributed by atoms with Gasteiger partial charge in [-0.05, 0) is 38.0 Å². The Morgan fingerprint density at radius 3 is 2.39 bits per heavy atom. The van der Waals surface area contributed by atoms with Crippen LogP contribution in [0.1, 0.15) is 29.0 Å². The van der Waals surface area contributed by atoms with Crippen molar-refractivity contribution < 1.29 is 9.53 Å². The summed E-state index contributed by atoms with van der Waals surface area (Å²) >= 11 is 0. The first-order chi connectivity index (χ1) is 13.7. The maximum atomic E-state index is 13.1. The van der Waals surface area contributed by atoms with E-state index < -0.39 is 0 Å². The summed E-state index contributed by atoms with van der Waals surface area (Å²) in [7, 11) is 1.69. The molecule has 28 heavy (non-hydrogen) atoms. The van der Waals surface area contributed by atoms with Crippen molar-refractivity contribution in [3.8, 4) is 5.75 Å². The van der Waals surface area contributed by atoms with E-state index in [-0.39, 0.29) is 5.91 Å². The molecule has 0 unspecified atom stereocenters. The van der Waals surface area contributed by atoms with Crippen LogP contribution in [0.15, 0.2) is 30.3 Å². The van der Waals surface area contributed by atoms with Gasteiger partial charge < -0.3 is 19.4 Å². The Morgan fingerprint density at radius 2 is 1.68 bits per heavy atom. The van der Waals surface area contributed by atoms with Gasteiger partial charge >= 0.3 is 0 Å².